The number of ketones is 2. The van der Waals surface area contributed by atoms with Crippen LogP contribution < -0.4 is 20.7 Å². The van der Waals surface area contributed by atoms with Gasteiger partial charge in [0.25, 0.3) is 11.9 Å². The third-order valence-electron chi connectivity index (χ3n) is 5.40. The van der Waals surface area contributed by atoms with Gasteiger partial charge in [-0.15, -0.1) is 0 Å². The molecule has 0 aliphatic heterocycles. The number of amides is 3. The maximum atomic E-state index is 13.8. The van der Waals surface area contributed by atoms with E-state index < -0.39 is 54.4 Å². The van der Waals surface area contributed by atoms with E-state index in [4.69, 9.17) is 26.2 Å². The number of ether oxygens (including phenoxy) is 1. The minimum Gasteiger partial charge on any atom is -0.496 e. The van der Waals surface area contributed by atoms with Gasteiger partial charge in [-0.1, -0.05) is 31.5 Å². The van der Waals surface area contributed by atoms with Crippen LogP contribution in [0.3, 0.4) is 0 Å². The fraction of sp³-hybridized carbons (Fsp3) is 0.357. The van der Waals surface area contributed by atoms with Crippen molar-refractivity contribution < 1.29 is 43.0 Å². The number of carbonyl (C=O) groups excluding carboxylic acids is 5. The van der Waals surface area contributed by atoms with Crippen LogP contribution in [0.25, 0.3) is 0 Å². The molecule has 4 N–H and O–H groups in total. The van der Waals surface area contributed by atoms with Crippen molar-refractivity contribution in [3.63, 3.8) is 0 Å². The van der Waals surface area contributed by atoms with E-state index in [0.717, 1.165) is 13.0 Å². The zero-order valence-corrected chi connectivity index (χ0v) is 24.1. The Morgan fingerprint density at radius 3 is 2.15 bits per heavy atom. The summed E-state index contributed by atoms with van der Waals surface area (Å²) in [5, 5.41) is 14.7. The quantitative estimate of drug-likeness (QED) is 0.272. The first-order valence-electron chi connectivity index (χ1n) is 12.4. The molecule has 0 aromatic heterocycles. The molecule has 2 aromatic carbocycles. The Labute approximate surface area is 241 Å². The number of rotatable bonds is 12. The average Bonchev–Trinajstić information content (AvgIpc) is 2.88. The van der Waals surface area contributed by atoms with Crippen LogP contribution >= 0.6 is 11.6 Å². The van der Waals surface area contributed by atoms with E-state index in [1.165, 1.54) is 26.2 Å². The first kappa shape index (κ1) is 34.7. The number of halogens is 2. The summed E-state index contributed by atoms with van der Waals surface area (Å²) in [4.78, 5) is 70.4. The summed E-state index contributed by atoms with van der Waals surface area (Å²) in [5.74, 6) is -4.19. The molecule has 0 fully saturated rings. The summed E-state index contributed by atoms with van der Waals surface area (Å²) in [5.41, 5.74) is 0.523. The number of nitrogens with one attached hydrogen (secondary N) is 3. The zero-order valence-electron chi connectivity index (χ0n) is 23.3. The Balaban J connectivity index is 0.00000196. The van der Waals surface area contributed by atoms with Crippen LogP contribution in [-0.2, 0) is 25.6 Å². The van der Waals surface area contributed by atoms with Gasteiger partial charge in [-0.05, 0) is 43.2 Å². The maximum Gasteiger partial charge on any atom is 0.300 e. The minimum absolute atomic E-state index is 0.0978. The molecule has 41 heavy (non-hydrogen) atoms. The van der Waals surface area contributed by atoms with E-state index in [9.17, 15) is 28.4 Å². The molecule has 2 aromatic rings. The van der Waals surface area contributed by atoms with Crippen LogP contribution in [0.1, 0.15) is 54.0 Å². The van der Waals surface area contributed by atoms with Crippen molar-refractivity contribution in [2.24, 2.45) is 5.92 Å². The number of benzene rings is 2. The van der Waals surface area contributed by atoms with Gasteiger partial charge in [-0.3, -0.25) is 28.8 Å². The Kier molecular flexibility index (Phi) is 14.1. The van der Waals surface area contributed by atoms with E-state index in [2.05, 4.69) is 16.0 Å². The van der Waals surface area contributed by atoms with Crippen LogP contribution in [0.15, 0.2) is 36.4 Å². The SMILES string of the molecule is CC(=O)O.COc1ccc(C(C)=O)cc1CC(=O)NC(C(=O)NCC(=O)CNC(=O)c1c(F)cccc1Cl)C(C)C. The summed E-state index contributed by atoms with van der Waals surface area (Å²) in [6.07, 6.45) is -0.135. The Hall–Kier alpha value is -4.32. The number of hydrogen-bond donors (Lipinski definition) is 4. The second kappa shape index (κ2) is 16.7. The summed E-state index contributed by atoms with van der Waals surface area (Å²) in [6.45, 7) is 5.06. The normalized spacial score (nSPS) is 10.9. The minimum atomic E-state index is -0.950. The number of hydrogen-bond acceptors (Lipinski definition) is 7. The van der Waals surface area contributed by atoms with Crippen LogP contribution in [-0.4, -0.2) is 66.6 Å². The van der Waals surface area contributed by atoms with Crippen LogP contribution in [0.5, 0.6) is 5.75 Å². The lowest BCUT2D eigenvalue weighted by atomic mass is 10.0. The van der Waals surface area contributed by atoms with E-state index >= 15 is 0 Å². The molecular formula is C28H33ClFN3O8. The third-order valence-corrected chi connectivity index (χ3v) is 5.71. The highest BCUT2D eigenvalue weighted by atomic mass is 35.5. The van der Waals surface area contributed by atoms with Gasteiger partial charge in [0.2, 0.25) is 11.8 Å². The summed E-state index contributed by atoms with van der Waals surface area (Å²) >= 11 is 5.84. The van der Waals surface area contributed by atoms with Crippen molar-refractivity contribution in [2.45, 2.75) is 40.2 Å². The summed E-state index contributed by atoms with van der Waals surface area (Å²) in [6, 6.07) is 7.56. The Bertz CT molecular complexity index is 1270. The first-order chi connectivity index (χ1) is 19.2. The van der Waals surface area contributed by atoms with Crippen molar-refractivity contribution >= 4 is 46.9 Å². The predicted octanol–water partition coefficient (Wildman–Crippen LogP) is 2.58. The molecule has 1 unspecified atom stereocenters. The number of methoxy groups -OCH3 is 1. The molecule has 0 saturated heterocycles. The molecular weight excluding hydrogens is 561 g/mol. The molecule has 0 radical (unpaired) electrons. The molecule has 3 amide bonds. The van der Waals surface area contributed by atoms with Crippen LogP contribution in [0.2, 0.25) is 5.02 Å². The first-order valence-corrected chi connectivity index (χ1v) is 12.7. The highest BCUT2D eigenvalue weighted by Crippen LogP contribution is 2.21. The molecule has 11 nitrogen and oxygen atoms in total. The highest BCUT2D eigenvalue weighted by molar-refractivity contribution is 6.33. The lowest BCUT2D eigenvalue weighted by molar-refractivity contribution is -0.134. The number of aliphatic carboxylic acids is 1. The fourth-order valence-electron chi connectivity index (χ4n) is 3.41. The van der Waals surface area contributed by atoms with Gasteiger partial charge >= 0.3 is 0 Å². The molecule has 0 bridgehead atoms. The van der Waals surface area contributed by atoms with Gasteiger partial charge in [0.05, 0.1) is 37.2 Å². The topological polar surface area (TPSA) is 168 Å². The molecule has 0 aliphatic rings. The van der Waals surface area contributed by atoms with Crippen molar-refractivity contribution in [1.29, 1.82) is 0 Å². The highest BCUT2D eigenvalue weighted by Gasteiger charge is 2.25. The maximum absolute atomic E-state index is 13.8. The van der Waals surface area contributed by atoms with E-state index in [1.54, 1.807) is 32.0 Å². The third kappa shape index (κ3) is 11.8. The lowest BCUT2D eigenvalue weighted by Crippen LogP contribution is -2.51. The smallest absolute Gasteiger partial charge is 0.300 e. The van der Waals surface area contributed by atoms with Gasteiger partial charge in [0.15, 0.2) is 11.6 Å². The van der Waals surface area contributed by atoms with Gasteiger partial charge in [0.1, 0.15) is 17.6 Å². The van der Waals surface area contributed by atoms with Crippen molar-refractivity contribution in [3.05, 3.63) is 63.9 Å². The van der Waals surface area contributed by atoms with Gasteiger partial charge in [-0.25, -0.2) is 4.39 Å². The molecule has 2 rings (SSSR count). The average molecular weight is 594 g/mol. The zero-order chi connectivity index (χ0) is 31.3. The molecule has 222 valence electrons. The van der Waals surface area contributed by atoms with Gasteiger partial charge in [0, 0.05) is 18.1 Å². The van der Waals surface area contributed by atoms with Crippen molar-refractivity contribution in [1.82, 2.24) is 16.0 Å². The molecule has 0 aliphatic carbocycles. The number of carboxylic acids is 1. The second-order valence-electron chi connectivity index (χ2n) is 9.10. The number of carboxylic acid groups (broad SMARTS) is 1. The van der Waals surface area contributed by atoms with Gasteiger partial charge in [-0.2, -0.15) is 0 Å². The molecule has 0 saturated carbocycles. The Morgan fingerprint density at radius 2 is 1.61 bits per heavy atom. The summed E-state index contributed by atoms with van der Waals surface area (Å²) < 4.78 is 19.1. The van der Waals surface area contributed by atoms with E-state index in [-0.39, 0.29) is 28.7 Å². The van der Waals surface area contributed by atoms with Gasteiger partial charge < -0.3 is 25.8 Å². The molecule has 0 heterocycles. The standard InChI is InChI=1S/C26H29ClFN3O6.C2H4O2/c1-14(2)24(31-22(34)11-17-10-16(15(3)32)8-9-21(17)37-4)26(36)30-13-18(33)12-29-25(35)23-19(27)6-5-7-20(23)28;1-2(3)4/h5-10,14,24H,11-13H2,1-4H3,(H,29,35)(H,30,36)(H,31,34);1H3,(H,3,4). The van der Waals surface area contributed by atoms with Crippen molar-refractivity contribution in [2.75, 3.05) is 20.2 Å². The molecule has 1 atom stereocenters. The lowest BCUT2D eigenvalue weighted by Gasteiger charge is -2.22. The number of carbonyl (C=O) groups is 6. The van der Waals surface area contributed by atoms with Crippen LogP contribution in [0.4, 0.5) is 4.39 Å². The largest absolute Gasteiger partial charge is 0.496 e. The summed E-state index contributed by atoms with van der Waals surface area (Å²) in [7, 11) is 1.44. The molecule has 0 spiro atoms. The molecule has 13 heteroatoms. The fourth-order valence-corrected chi connectivity index (χ4v) is 3.66. The van der Waals surface area contributed by atoms with Crippen molar-refractivity contribution in [3.8, 4) is 5.75 Å². The number of Topliss-reactive ketones (excluding diaryl/α,β-unsaturated/α-hetero) is 2. The Morgan fingerprint density at radius 1 is 1.00 bits per heavy atom. The van der Waals surface area contributed by atoms with Crippen LogP contribution in [0, 0.1) is 11.7 Å². The monoisotopic (exact) mass is 593 g/mol. The van der Waals surface area contributed by atoms with E-state index in [0.29, 0.717) is 16.9 Å². The predicted molar refractivity (Wildman–Crippen MR) is 149 cm³/mol. The van der Waals surface area contributed by atoms with E-state index in [1.807, 2.05) is 0 Å². The second-order valence-corrected chi connectivity index (χ2v) is 9.51.